The SMILES string of the molecule is CCNc1cc(F)c(F)c2c1Cc1ncc(-c3cncc(C#N)c3)c(N3CCC(CN)C3)c1-2. The van der Waals surface area contributed by atoms with Gasteiger partial charge in [0.2, 0.25) is 0 Å². The highest BCUT2D eigenvalue weighted by molar-refractivity contribution is 5.96. The van der Waals surface area contributed by atoms with Gasteiger partial charge in [-0.2, -0.15) is 5.26 Å². The van der Waals surface area contributed by atoms with E-state index >= 15 is 4.39 Å². The minimum atomic E-state index is -0.886. The van der Waals surface area contributed by atoms with E-state index in [1.165, 1.54) is 12.3 Å². The van der Waals surface area contributed by atoms with Crippen LogP contribution >= 0.6 is 0 Å². The molecule has 8 heteroatoms. The molecule has 0 spiro atoms. The van der Waals surface area contributed by atoms with Crippen LogP contribution in [0.25, 0.3) is 22.3 Å². The Hall–Kier alpha value is -3.57. The highest BCUT2D eigenvalue weighted by Gasteiger charge is 2.35. The summed E-state index contributed by atoms with van der Waals surface area (Å²) >= 11 is 0. The van der Waals surface area contributed by atoms with E-state index in [1.807, 2.05) is 6.92 Å². The summed E-state index contributed by atoms with van der Waals surface area (Å²) in [4.78, 5) is 11.1. The summed E-state index contributed by atoms with van der Waals surface area (Å²) in [7, 11) is 0. The average molecular weight is 447 g/mol. The van der Waals surface area contributed by atoms with E-state index in [9.17, 15) is 9.65 Å². The number of nitrogens with zero attached hydrogens (tertiary/aromatic N) is 4. The molecule has 0 saturated carbocycles. The predicted octanol–water partition coefficient (Wildman–Crippen LogP) is 4.08. The number of hydrogen-bond donors (Lipinski definition) is 2. The Morgan fingerprint density at radius 3 is 2.82 bits per heavy atom. The van der Waals surface area contributed by atoms with Crippen LogP contribution in [0.5, 0.6) is 0 Å². The molecule has 1 aromatic carbocycles. The first-order chi connectivity index (χ1) is 16.0. The second-order valence-electron chi connectivity index (χ2n) is 8.53. The Balaban J connectivity index is 1.79. The maximum Gasteiger partial charge on any atom is 0.167 e. The smallest absolute Gasteiger partial charge is 0.167 e. The second kappa shape index (κ2) is 8.41. The van der Waals surface area contributed by atoms with Gasteiger partial charge in [-0.3, -0.25) is 9.97 Å². The molecule has 3 heterocycles. The molecule has 1 unspecified atom stereocenters. The topological polar surface area (TPSA) is 90.9 Å². The van der Waals surface area contributed by atoms with Crippen molar-refractivity contribution in [2.75, 3.05) is 36.4 Å². The minimum Gasteiger partial charge on any atom is -0.385 e. The van der Waals surface area contributed by atoms with E-state index in [0.29, 0.717) is 53.5 Å². The summed E-state index contributed by atoms with van der Waals surface area (Å²) < 4.78 is 30.0. The quantitative estimate of drug-likeness (QED) is 0.480. The van der Waals surface area contributed by atoms with Gasteiger partial charge in [0.25, 0.3) is 0 Å². The van der Waals surface area contributed by atoms with Gasteiger partial charge in [0, 0.05) is 78.7 Å². The number of halogens is 2. The lowest BCUT2D eigenvalue weighted by Crippen LogP contribution is -2.24. The van der Waals surface area contributed by atoms with E-state index in [2.05, 4.69) is 26.3 Å². The van der Waals surface area contributed by atoms with Crippen molar-refractivity contribution in [1.29, 1.82) is 5.26 Å². The summed E-state index contributed by atoms with van der Waals surface area (Å²) in [5.74, 6) is -1.42. The number of benzene rings is 1. The van der Waals surface area contributed by atoms with Crippen LogP contribution in [0.2, 0.25) is 0 Å². The maximum absolute atomic E-state index is 15.3. The van der Waals surface area contributed by atoms with E-state index < -0.39 is 11.6 Å². The fraction of sp³-hybridized carbons (Fsp3) is 0.320. The highest BCUT2D eigenvalue weighted by Crippen LogP contribution is 2.50. The number of nitrogens with two attached hydrogens (primary N) is 1. The molecule has 2 aliphatic rings. The molecule has 1 aliphatic carbocycles. The van der Waals surface area contributed by atoms with Crippen LogP contribution < -0.4 is 16.0 Å². The van der Waals surface area contributed by atoms with E-state index in [0.717, 1.165) is 36.3 Å². The zero-order chi connectivity index (χ0) is 23.1. The molecule has 1 fully saturated rings. The van der Waals surface area contributed by atoms with Gasteiger partial charge in [-0.25, -0.2) is 8.78 Å². The number of rotatable bonds is 5. The molecule has 2 aromatic heterocycles. The lowest BCUT2D eigenvalue weighted by Gasteiger charge is -2.26. The monoisotopic (exact) mass is 446 g/mol. The third-order valence-electron chi connectivity index (χ3n) is 6.53. The van der Waals surface area contributed by atoms with E-state index in [4.69, 9.17) is 5.73 Å². The molecule has 0 bridgehead atoms. The van der Waals surface area contributed by atoms with Gasteiger partial charge in [0.15, 0.2) is 11.6 Å². The second-order valence-corrected chi connectivity index (χ2v) is 8.53. The fourth-order valence-electron chi connectivity index (χ4n) is 4.98. The Bertz CT molecular complexity index is 1280. The molecular formula is C25H24F2N6. The Kier molecular flexibility index (Phi) is 5.43. The Morgan fingerprint density at radius 2 is 2.09 bits per heavy atom. The average Bonchev–Trinajstić information content (AvgIpc) is 3.47. The largest absolute Gasteiger partial charge is 0.385 e. The van der Waals surface area contributed by atoms with Crippen LogP contribution in [0.1, 0.15) is 30.2 Å². The van der Waals surface area contributed by atoms with Crippen molar-refractivity contribution < 1.29 is 8.78 Å². The first-order valence-electron chi connectivity index (χ1n) is 11.1. The van der Waals surface area contributed by atoms with Gasteiger partial charge in [-0.05, 0) is 37.4 Å². The van der Waals surface area contributed by atoms with Crippen LogP contribution in [0.4, 0.5) is 20.2 Å². The number of aromatic nitrogens is 2. The fourth-order valence-corrected chi connectivity index (χ4v) is 4.98. The first kappa shape index (κ1) is 21.3. The van der Waals surface area contributed by atoms with Crippen LogP contribution in [-0.4, -0.2) is 36.1 Å². The van der Waals surface area contributed by atoms with Gasteiger partial charge in [-0.15, -0.1) is 0 Å². The molecule has 6 nitrogen and oxygen atoms in total. The summed E-state index contributed by atoms with van der Waals surface area (Å²) in [6.07, 6.45) is 6.27. The van der Waals surface area contributed by atoms with Crippen LogP contribution in [0.3, 0.4) is 0 Å². The van der Waals surface area contributed by atoms with Crippen molar-refractivity contribution in [1.82, 2.24) is 9.97 Å². The third-order valence-corrected chi connectivity index (χ3v) is 6.53. The molecule has 3 aromatic rings. The highest BCUT2D eigenvalue weighted by atomic mass is 19.2. The van der Waals surface area contributed by atoms with Gasteiger partial charge < -0.3 is 16.0 Å². The first-order valence-corrected chi connectivity index (χ1v) is 11.1. The number of fused-ring (bicyclic) bond motifs is 3. The van der Waals surface area contributed by atoms with E-state index in [-0.39, 0.29) is 5.56 Å². The van der Waals surface area contributed by atoms with Crippen LogP contribution in [0.15, 0.2) is 30.7 Å². The summed E-state index contributed by atoms with van der Waals surface area (Å²) in [6.45, 7) is 4.55. The number of anilines is 2. The molecule has 1 aliphatic heterocycles. The summed E-state index contributed by atoms with van der Waals surface area (Å²) in [6, 6.07) is 5.09. The van der Waals surface area contributed by atoms with Gasteiger partial charge in [0.1, 0.15) is 6.07 Å². The van der Waals surface area contributed by atoms with Crippen molar-refractivity contribution in [3.8, 4) is 28.3 Å². The Labute approximate surface area is 191 Å². The molecular weight excluding hydrogens is 422 g/mol. The number of nitrogens with one attached hydrogen (secondary N) is 1. The third kappa shape index (κ3) is 3.49. The molecule has 0 amide bonds. The zero-order valence-corrected chi connectivity index (χ0v) is 18.3. The molecule has 33 heavy (non-hydrogen) atoms. The number of pyridine rings is 2. The lowest BCUT2D eigenvalue weighted by atomic mass is 9.97. The lowest BCUT2D eigenvalue weighted by molar-refractivity contribution is 0.511. The van der Waals surface area contributed by atoms with E-state index in [1.54, 1.807) is 18.5 Å². The number of nitriles is 1. The number of hydrogen-bond acceptors (Lipinski definition) is 6. The predicted molar refractivity (Wildman–Crippen MR) is 124 cm³/mol. The Morgan fingerprint density at radius 1 is 1.24 bits per heavy atom. The van der Waals surface area contributed by atoms with Crippen molar-refractivity contribution in [3.63, 3.8) is 0 Å². The van der Waals surface area contributed by atoms with Crippen molar-refractivity contribution in [3.05, 3.63) is 59.2 Å². The summed E-state index contributed by atoms with van der Waals surface area (Å²) in [5.41, 5.74) is 11.6. The van der Waals surface area contributed by atoms with Crippen molar-refractivity contribution >= 4 is 11.4 Å². The van der Waals surface area contributed by atoms with Gasteiger partial charge in [0.05, 0.1) is 16.9 Å². The normalized spacial score (nSPS) is 16.5. The molecule has 1 atom stereocenters. The van der Waals surface area contributed by atoms with Gasteiger partial charge in [-0.1, -0.05) is 0 Å². The molecule has 5 rings (SSSR count). The van der Waals surface area contributed by atoms with Crippen molar-refractivity contribution in [2.24, 2.45) is 11.7 Å². The molecule has 1 saturated heterocycles. The van der Waals surface area contributed by atoms with Crippen LogP contribution in [0, 0.1) is 28.9 Å². The molecule has 168 valence electrons. The molecule has 3 N–H and O–H groups in total. The molecule has 0 radical (unpaired) electrons. The summed E-state index contributed by atoms with van der Waals surface area (Å²) in [5, 5.41) is 12.5. The van der Waals surface area contributed by atoms with Crippen molar-refractivity contribution in [2.45, 2.75) is 19.8 Å². The standard InChI is InChI=1S/C25H24F2N6/c1-2-31-20-7-19(26)24(27)22-17(20)6-21-23(22)25(33-4-3-14(8-28)13-33)18(12-32-21)16-5-15(9-29)10-30-11-16/h5,7,10-12,14,31H,2-4,6,8,13,28H2,1H3. The minimum absolute atomic E-state index is 0.269. The zero-order valence-electron chi connectivity index (χ0n) is 18.3. The van der Waals surface area contributed by atoms with Crippen LogP contribution in [-0.2, 0) is 6.42 Å². The maximum atomic E-state index is 15.3. The van der Waals surface area contributed by atoms with Gasteiger partial charge >= 0.3 is 0 Å².